The normalized spacial score (nSPS) is 0. The van der Waals surface area contributed by atoms with E-state index in [0.717, 1.165) is 0 Å². The van der Waals surface area contributed by atoms with Gasteiger partial charge in [-0.1, -0.05) is 0 Å². The second-order valence-electron chi connectivity index (χ2n) is 0. The van der Waals surface area contributed by atoms with Crippen molar-refractivity contribution < 1.29 is 66.1 Å². The summed E-state index contributed by atoms with van der Waals surface area (Å²) in [5.41, 5.74) is 0. The molecule has 4 heavy (non-hydrogen) atoms. The van der Waals surface area contributed by atoms with Gasteiger partial charge in [-0.3, -0.25) is 0 Å². The molecule has 17 valence electrons. The molecule has 0 aromatic carbocycles. The zero-order valence-electron chi connectivity index (χ0n) is 5.64. The van der Waals surface area contributed by atoms with Crippen molar-refractivity contribution in [3.8, 4) is 0 Å². The van der Waals surface area contributed by atoms with Gasteiger partial charge in [0.1, 0.15) is 0 Å². The van der Waals surface area contributed by atoms with Gasteiger partial charge in [-0.25, -0.2) is 0 Å². The van der Waals surface area contributed by atoms with Crippen molar-refractivity contribution in [3.63, 3.8) is 0 Å². The van der Waals surface area contributed by atoms with E-state index < -0.39 is 0 Å². The second-order valence-corrected chi connectivity index (χ2v) is 0. The van der Waals surface area contributed by atoms with Gasteiger partial charge in [0, 0.05) is 42.9 Å². The van der Waals surface area contributed by atoms with E-state index in [4.69, 9.17) is 0 Å². The molecule has 0 fully saturated rings. The van der Waals surface area contributed by atoms with Gasteiger partial charge in [0.05, 0.1) is 0 Å². The first kappa shape index (κ1) is 26.0. The first-order chi connectivity index (χ1) is 0. The van der Waals surface area contributed by atoms with E-state index in [0.29, 0.717) is 0 Å². The summed E-state index contributed by atoms with van der Waals surface area (Å²) in [6.07, 6.45) is 0. The van der Waals surface area contributed by atoms with E-state index in [1.54, 1.807) is 0 Å². The van der Waals surface area contributed by atoms with Gasteiger partial charge in [0.2, 0.25) is 0 Å². The molecule has 0 N–H and O–H groups in total. The van der Waals surface area contributed by atoms with Crippen molar-refractivity contribution in [1.29, 1.82) is 0 Å². The maximum absolute atomic E-state index is 0. The van der Waals surface area contributed by atoms with Gasteiger partial charge in [0.25, 0.3) is 0 Å². The molecule has 0 aliphatic rings. The maximum Gasteiger partial charge on any atom is 2.00 e. The molecule has 0 rings (SSSR count). The quantitative estimate of drug-likeness (QED) is 0.363. The van der Waals surface area contributed by atoms with Crippen molar-refractivity contribution in [2.75, 3.05) is 0 Å². The third-order valence-corrected chi connectivity index (χ3v) is 0. The zero-order chi connectivity index (χ0) is 0. The standard InChI is InChI=1S/Fe.Li.Sc.Sr.3H/q;+1;;+2;3*-1. The van der Waals surface area contributed by atoms with Crippen LogP contribution in [-0.4, -0.2) is 45.5 Å². The minimum absolute atomic E-state index is 0. The van der Waals surface area contributed by atoms with Crippen LogP contribution in [-0.2, 0) is 42.9 Å². The van der Waals surface area contributed by atoms with Gasteiger partial charge in [-0.2, -0.15) is 0 Å². The summed E-state index contributed by atoms with van der Waals surface area (Å²) in [7, 11) is 0. The Morgan fingerprint density at radius 1 is 1.25 bits per heavy atom. The van der Waals surface area contributed by atoms with Crippen LogP contribution in [0.5, 0.6) is 0 Å². The first-order valence-corrected chi connectivity index (χ1v) is 0. The molecule has 0 nitrogen and oxygen atoms in total. The van der Waals surface area contributed by atoms with Crippen molar-refractivity contribution in [2.24, 2.45) is 0 Å². The monoisotopic (exact) mass is 199 g/mol. The smallest absolute Gasteiger partial charge is 1.00 e. The van der Waals surface area contributed by atoms with Crippen molar-refractivity contribution >= 4 is 45.5 Å². The number of hydrogen-bond acceptors (Lipinski definition) is 0. The summed E-state index contributed by atoms with van der Waals surface area (Å²) in [6, 6.07) is 0. The summed E-state index contributed by atoms with van der Waals surface area (Å²) in [5, 5.41) is 0. The molecule has 0 aromatic heterocycles. The van der Waals surface area contributed by atoms with Crippen molar-refractivity contribution in [3.05, 3.63) is 0 Å². The van der Waals surface area contributed by atoms with Crippen molar-refractivity contribution in [1.82, 2.24) is 0 Å². The summed E-state index contributed by atoms with van der Waals surface area (Å²) in [6.45, 7) is 0. The summed E-state index contributed by atoms with van der Waals surface area (Å²) in [5.74, 6) is 0. The summed E-state index contributed by atoms with van der Waals surface area (Å²) in [4.78, 5) is 0. The van der Waals surface area contributed by atoms with Crippen LogP contribution < -0.4 is 18.9 Å². The molecular formula is H3FeLiScSr. The second kappa shape index (κ2) is 16.1. The van der Waals surface area contributed by atoms with Crippen LogP contribution in [0.3, 0.4) is 0 Å². The zero-order valence-corrected chi connectivity index (χ0v) is 9.02. The largest absolute Gasteiger partial charge is 2.00 e. The van der Waals surface area contributed by atoms with Crippen LogP contribution in [0.2, 0.25) is 0 Å². The van der Waals surface area contributed by atoms with Crippen LogP contribution in [0, 0.1) is 0 Å². The number of hydrogen-bond donors (Lipinski definition) is 0. The van der Waals surface area contributed by atoms with E-state index in [1.807, 2.05) is 0 Å². The Kier molecular flexibility index (Phi) is 104. The molecule has 4 heteroatoms. The molecule has 0 unspecified atom stereocenters. The Morgan fingerprint density at radius 2 is 1.25 bits per heavy atom. The molecule has 0 spiro atoms. The SMILES string of the molecule is [Fe].[H-].[H-].[H-].[Li+].[Sc].[Sr+2]. The van der Waals surface area contributed by atoms with Crippen LogP contribution in [0.25, 0.3) is 0 Å². The van der Waals surface area contributed by atoms with E-state index >= 15 is 0 Å². The molecule has 0 aliphatic heterocycles. The van der Waals surface area contributed by atoms with Gasteiger partial charge < -0.3 is 4.28 Å². The average molecular weight is 198 g/mol. The summed E-state index contributed by atoms with van der Waals surface area (Å²) >= 11 is 0. The van der Waals surface area contributed by atoms with Gasteiger partial charge in [0.15, 0.2) is 0 Å². The summed E-state index contributed by atoms with van der Waals surface area (Å²) < 4.78 is 0. The van der Waals surface area contributed by atoms with Gasteiger partial charge in [-0.15, -0.1) is 0 Å². The first-order valence-electron chi connectivity index (χ1n) is 0. The van der Waals surface area contributed by atoms with Crippen LogP contribution in [0.15, 0.2) is 0 Å². The van der Waals surface area contributed by atoms with E-state index in [1.165, 1.54) is 0 Å². The van der Waals surface area contributed by atoms with Crippen molar-refractivity contribution in [2.45, 2.75) is 0 Å². The van der Waals surface area contributed by atoms with Crippen LogP contribution in [0.1, 0.15) is 4.28 Å². The minimum Gasteiger partial charge on any atom is -1.00 e. The molecule has 0 saturated heterocycles. The fourth-order valence-corrected chi connectivity index (χ4v) is 0. The van der Waals surface area contributed by atoms with E-state index in [-0.39, 0.29) is 112 Å². The fourth-order valence-electron chi connectivity index (χ4n) is 0. The molecule has 0 saturated carbocycles. The van der Waals surface area contributed by atoms with Crippen LogP contribution in [0.4, 0.5) is 0 Å². The van der Waals surface area contributed by atoms with Gasteiger partial charge >= 0.3 is 64.3 Å². The van der Waals surface area contributed by atoms with E-state index in [2.05, 4.69) is 0 Å². The molecule has 0 bridgehead atoms. The Morgan fingerprint density at radius 3 is 1.25 bits per heavy atom. The Balaban J connectivity index is 0. The molecule has 1 radical (unpaired) electrons. The molecular weight excluding hydrogens is 195 g/mol. The number of rotatable bonds is 0. The van der Waals surface area contributed by atoms with Gasteiger partial charge in [-0.05, 0) is 0 Å². The van der Waals surface area contributed by atoms with E-state index in [9.17, 15) is 0 Å². The Labute approximate surface area is 109 Å². The third kappa shape index (κ3) is 9.08. The predicted molar refractivity (Wildman–Crippen MR) is 9.09 cm³/mol. The molecule has 0 atom stereocenters. The molecule has 0 aromatic rings. The third-order valence-electron chi connectivity index (χ3n) is 0. The maximum atomic E-state index is 0. The van der Waals surface area contributed by atoms with Crippen LogP contribution >= 0.6 is 0 Å². The average Bonchev–Trinajstić information content (AvgIpc) is 0. The molecule has 0 aliphatic carbocycles. The topological polar surface area (TPSA) is 0 Å². The molecule has 0 heterocycles. The molecule has 0 amide bonds. The minimum atomic E-state index is 0. The fraction of sp³-hybridized carbons (Fsp3) is 0. The Hall–Kier alpha value is 3.47. The predicted octanol–water partition coefficient (Wildman–Crippen LogP) is -3.04. The Bertz CT molecular complexity index is 14.9.